The molecule has 0 fully saturated rings. The molecule has 33 heavy (non-hydrogen) atoms. The van der Waals surface area contributed by atoms with E-state index in [9.17, 15) is 36.2 Å². The van der Waals surface area contributed by atoms with Crippen LogP contribution in [0.5, 0.6) is 0 Å². The van der Waals surface area contributed by atoms with Gasteiger partial charge in [0, 0.05) is 13.1 Å². The van der Waals surface area contributed by atoms with Gasteiger partial charge in [0.1, 0.15) is 12.2 Å². The molecule has 0 aliphatic carbocycles. The van der Waals surface area contributed by atoms with Gasteiger partial charge in [-0.3, -0.25) is 13.3 Å². The standard InChI is InChI=1S/C18H39NO10S2.2Na/c1-2-3-4-5-6-7-8-9-10-11-12-19(13-17(15-20)28-30(22,23)24)14-18(16-21)29-31(25,26)27;;/h17-18,20-21H,2-16H2,1H3,(H,22,23,24)(H,25,26,27);;/q;2*+1/p-2. The summed E-state index contributed by atoms with van der Waals surface area (Å²) in [5.41, 5.74) is 0. The quantitative estimate of drug-likeness (QED) is 0.0620. The molecule has 15 heteroatoms. The van der Waals surface area contributed by atoms with Crippen molar-refractivity contribution in [3.63, 3.8) is 0 Å². The summed E-state index contributed by atoms with van der Waals surface area (Å²) >= 11 is 0. The molecule has 0 aromatic rings. The van der Waals surface area contributed by atoms with E-state index >= 15 is 0 Å². The second-order valence-corrected chi connectivity index (χ2v) is 9.58. The predicted molar refractivity (Wildman–Crippen MR) is 112 cm³/mol. The van der Waals surface area contributed by atoms with Crippen molar-refractivity contribution in [3.05, 3.63) is 0 Å². The molecule has 0 heterocycles. The van der Waals surface area contributed by atoms with E-state index in [1.165, 1.54) is 37.0 Å². The van der Waals surface area contributed by atoms with Gasteiger partial charge in [-0.1, -0.05) is 64.7 Å². The molecule has 0 aliphatic heterocycles. The van der Waals surface area contributed by atoms with Crippen molar-refractivity contribution >= 4 is 20.8 Å². The van der Waals surface area contributed by atoms with Gasteiger partial charge in [0.15, 0.2) is 0 Å². The molecule has 0 aromatic carbocycles. The molecule has 0 spiro atoms. The maximum atomic E-state index is 10.8. The summed E-state index contributed by atoms with van der Waals surface area (Å²) < 4.78 is 73.3. The van der Waals surface area contributed by atoms with Gasteiger partial charge in [-0.05, 0) is 13.0 Å². The van der Waals surface area contributed by atoms with Crippen LogP contribution in [0.15, 0.2) is 0 Å². The monoisotopic (exact) mass is 537 g/mol. The van der Waals surface area contributed by atoms with Gasteiger partial charge in [0.05, 0.1) is 13.2 Å². The topological polar surface area (TPSA) is 177 Å². The van der Waals surface area contributed by atoms with Crippen molar-refractivity contribution in [2.45, 2.75) is 83.3 Å². The summed E-state index contributed by atoms with van der Waals surface area (Å²) in [5, 5.41) is 18.6. The van der Waals surface area contributed by atoms with E-state index in [1.807, 2.05) is 0 Å². The molecule has 188 valence electrons. The van der Waals surface area contributed by atoms with Crippen molar-refractivity contribution in [3.8, 4) is 0 Å². The van der Waals surface area contributed by atoms with Crippen LogP contribution in [0.4, 0.5) is 0 Å². The van der Waals surface area contributed by atoms with E-state index in [0.29, 0.717) is 13.0 Å². The minimum atomic E-state index is -5.05. The molecule has 0 aromatic heterocycles. The summed E-state index contributed by atoms with van der Waals surface area (Å²) in [6.45, 7) is 0.531. The summed E-state index contributed by atoms with van der Waals surface area (Å²) in [6.07, 6.45) is 8.18. The Labute approximate surface area is 243 Å². The number of aliphatic hydroxyl groups excluding tert-OH is 2. The van der Waals surface area contributed by atoms with Crippen LogP contribution in [-0.2, 0) is 29.2 Å². The molecule has 2 atom stereocenters. The first-order valence-electron chi connectivity index (χ1n) is 10.7. The average molecular weight is 538 g/mol. The molecule has 0 radical (unpaired) electrons. The largest absolute Gasteiger partial charge is 1.00 e. The fourth-order valence-corrected chi connectivity index (χ4v) is 4.14. The first kappa shape index (κ1) is 39.1. The third-order valence-electron chi connectivity index (χ3n) is 4.67. The molecule has 0 aliphatic rings. The fourth-order valence-electron chi connectivity index (χ4n) is 3.23. The Morgan fingerprint density at radius 3 is 1.33 bits per heavy atom. The molecule has 2 N–H and O–H groups in total. The summed E-state index contributed by atoms with van der Waals surface area (Å²) in [7, 11) is -10.1. The Morgan fingerprint density at radius 2 is 1.03 bits per heavy atom. The zero-order chi connectivity index (χ0) is 23.8. The second kappa shape index (κ2) is 22.8. The third kappa shape index (κ3) is 26.5. The van der Waals surface area contributed by atoms with Crippen molar-refractivity contribution < 1.29 is 104 Å². The fraction of sp³-hybridized carbons (Fsp3) is 1.00. The molecule has 0 saturated carbocycles. The Balaban J connectivity index is -0.00000450. The van der Waals surface area contributed by atoms with Crippen molar-refractivity contribution in [1.29, 1.82) is 0 Å². The summed E-state index contributed by atoms with van der Waals surface area (Å²) in [4.78, 5) is 1.49. The van der Waals surface area contributed by atoms with Gasteiger partial charge in [0.2, 0.25) is 20.8 Å². The third-order valence-corrected chi connectivity index (χ3v) is 5.68. The van der Waals surface area contributed by atoms with E-state index in [2.05, 4.69) is 15.3 Å². The van der Waals surface area contributed by atoms with Gasteiger partial charge in [-0.15, -0.1) is 0 Å². The van der Waals surface area contributed by atoms with Crippen LogP contribution in [-0.4, -0.2) is 86.1 Å². The predicted octanol–water partition coefficient (Wildman–Crippen LogP) is -5.11. The molecule has 0 bridgehead atoms. The van der Waals surface area contributed by atoms with E-state index in [1.54, 1.807) is 0 Å². The van der Waals surface area contributed by atoms with Crippen LogP contribution in [0, 0.1) is 0 Å². The second-order valence-electron chi connectivity index (χ2n) is 7.56. The van der Waals surface area contributed by atoms with Crippen LogP contribution >= 0.6 is 0 Å². The van der Waals surface area contributed by atoms with Crippen LogP contribution in [0.1, 0.15) is 71.1 Å². The zero-order valence-corrected chi connectivity index (χ0v) is 25.8. The zero-order valence-electron chi connectivity index (χ0n) is 20.2. The number of hydrogen-bond donors (Lipinski definition) is 2. The SMILES string of the molecule is CCCCCCCCCCCCN(CC(CO)OS(=O)(=O)[O-])CC(CO)OS(=O)(=O)[O-].[Na+].[Na+]. The Morgan fingerprint density at radius 1 is 0.697 bits per heavy atom. The number of rotatable bonds is 21. The van der Waals surface area contributed by atoms with Gasteiger partial charge in [-0.2, -0.15) is 0 Å². The maximum absolute atomic E-state index is 10.8. The number of aliphatic hydroxyl groups is 2. The van der Waals surface area contributed by atoms with E-state index in [0.717, 1.165) is 25.7 Å². The van der Waals surface area contributed by atoms with Crippen molar-refractivity contribution in [1.82, 2.24) is 4.90 Å². The van der Waals surface area contributed by atoms with Gasteiger partial charge < -0.3 is 19.3 Å². The first-order chi connectivity index (χ1) is 14.5. The van der Waals surface area contributed by atoms with Crippen LogP contribution in [0.2, 0.25) is 0 Å². The van der Waals surface area contributed by atoms with Gasteiger partial charge in [0.25, 0.3) is 0 Å². The number of hydrogen-bond acceptors (Lipinski definition) is 11. The first-order valence-corrected chi connectivity index (χ1v) is 13.4. The summed E-state index contributed by atoms with van der Waals surface area (Å²) in [5.74, 6) is 0. The molecule has 0 rings (SSSR count). The minimum absolute atomic E-state index is 0. The van der Waals surface area contributed by atoms with Gasteiger partial charge >= 0.3 is 59.1 Å². The molecular formula is C18H37NNa2O10S2. The normalized spacial score (nSPS) is 13.9. The molecule has 2 unspecified atom stereocenters. The average Bonchev–Trinajstić information content (AvgIpc) is 2.65. The number of nitrogens with zero attached hydrogens (tertiary/aromatic N) is 1. The van der Waals surface area contributed by atoms with Crippen LogP contribution < -0.4 is 59.1 Å². The Kier molecular flexibility index (Phi) is 27.0. The minimum Gasteiger partial charge on any atom is -0.726 e. The van der Waals surface area contributed by atoms with Crippen LogP contribution in [0.3, 0.4) is 0 Å². The van der Waals surface area contributed by atoms with Gasteiger partial charge in [-0.25, -0.2) is 16.8 Å². The smallest absolute Gasteiger partial charge is 0.726 e. The van der Waals surface area contributed by atoms with E-state index in [-0.39, 0.29) is 72.2 Å². The molecule has 0 saturated heterocycles. The Bertz CT molecular complexity index is 609. The summed E-state index contributed by atoms with van der Waals surface area (Å²) in [6, 6.07) is 0. The molecule has 0 amide bonds. The van der Waals surface area contributed by atoms with E-state index in [4.69, 9.17) is 0 Å². The number of unbranched alkanes of at least 4 members (excludes halogenated alkanes) is 9. The maximum Gasteiger partial charge on any atom is 1.00 e. The molecule has 11 nitrogen and oxygen atoms in total. The Hall–Kier alpha value is 1.62. The van der Waals surface area contributed by atoms with Crippen molar-refractivity contribution in [2.24, 2.45) is 0 Å². The van der Waals surface area contributed by atoms with E-state index < -0.39 is 46.2 Å². The molecular weight excluding hydrogens is 500 g/mol. The van der Waals surface area contributed by atoms with Crippen LogP contribution in [0.25, 0.3) is 0 Å². The van der Waals surface area contributed by atoms with Crippen molar-refractivity contribution in [2.75, 3.05) is 32.8 Å².